The van der Waals surface area contributed by atoms with Crippen LogP contribution >= 0.6 is 11.6 Å². The predicted molar refractivity (Wildman–Crippen MR) is 102 cm³/mol. The van der Waals surface area contributed by atoms with Crippen LogP contribution in [0.3, 0.4) is 0 Å². The standard InChI is InChI=1S/C18H20ClN5O/c1-10-14-16(22-24(5)17(14)20-11(2)15(10)19)21-18(25)12-6-8-13(9-7-12)23(3)4/h6-9H,1-5H3,(H,21,22,25). The molecule has 0 aliphatic heterocycles. The Kier molecular flexibility index (Phi) is 4.39. The minimum absolute atomic E-state index is 0.221. The average molecular weight is 358 g/mol. The van der Waals surface area contributed by atoms with Crippen molar-refractivity contribution in [2.75, 3.05) is 24.3 Å². The topological polar surface area (TPSA) is 63.1 Å². The second kappa shape index (κ2) is 6.37. The van der Waals surface area contributed by atoms with Gasteiger partial charge in [0.25, 0.3) is 5.91 Å². The summed E-state index contributed by atoms with van der Waals surface area (Å²) in [6.07, 6.45) is 0. The molecule has 1 aromatic carbocycles. The van der Waals surface area contributed by atoms with Crippen LogP contribution in [0.5, 0.6) is 0 Å². The molecule has 130 valence electrons. The minimum Gasteiger partial charge on any atom is -0.378 e. The number of halogens is 1. The number of nitrogens with zero attached hydrogens (tertiary/aromatic N) is 4. The van der Waals surface area contributed by atoms with Gasteiger partial charge >= 0.3 is 0 Å². The molecule has 7 heteroatoms. The van der Waals surface area contributed by atoms with Crippen LogP contribution in [0.4, 0.5) is 11.5 Å². The fourth-order valence-electron chi connectivity index (χ4n) is 2.76. The summed E-state index contributed by atoms with van der Waals surface area (Å²) < 4.78 is 1.65. The number of aryl methyl sites for hydroxylation is 3. The van der Waals surface area contributed by atoms with E-state index in [0.29, 0.717) is 22.1 Å². The molecule has 1 N–H and O–H groups in total. The number of nitrogens with one attached hydrogen (secondary N) is 1. The first-order valence-corrected chi connectivity index (χ1v) is 8.25. The lowest BCUT2D eigenvalue weighted by atomic mass is 10.1. The summed E-state index contributed by atoms with van der Waals surface area (Å²) in [5.41, 5.74) is 3.88. The zero-order valence-corrected chi connectivity index (χ0v) is 15.6. The van der Waals surface area contributed by atoms with Gasteiger partial charge < -0.3 is 10.2 Å². The van der Waals surface area contributed by atoms with E-state index in [1.54, 1.807) is 23.9 Å². The van der Waals surface area contributed by atoms with E-state index >= 15 is 0 Å². The van der Waals surface area contributed by atoms with Gasteiger partial charge in [0.15, 0.2) is 11.5 Å². The summed E-state index contributed by atoms with van der Waals surface area (Å²) >= 11 is 6.32. The van der Waals surface area contributed by atoms with Crippen LogP contribution in [0, 0.1) is 13.8 Å². The SMILES string of the molecule is Cc1nc2c(c(NC(=O)c3ccc(N(C)C)cc3)nn2C)c(C)c1Cl. The molecule has 0 spiro atoms. The van der Waals surface area contributed by atoms with Gasteiger partial charge in [0, 0.05) is 32.4 Å². The summed E-state index contributed by atoms with van der Waals surface area (Å²) in [4.78, 5) is 19.0. The average Bonchev–Trinajstić information content (AvgIpc) is 2.88. The Morgan fingerprint density at radius 1 is 1.20 bits per heavy atom. The zero-order valence-electron chi connectivity index (χ0n) is 14.9. The van der Waals surface area contributed by atoms with Crippen molar-refractivity contribution in [1.82, 2.24) is 14.8 Å². The molecule has 0 radical (unpaired) electrons. The van der Waals surface area contributed by atoms with Crippen molar-refractivity contribution in [2.24, 2.45) is 7.05 Å². The van der Waals surface area contributed by atoms with Crippen molar-refractivity contribution in [3.8, 4) is 0 Å². The fourth-order valence-corrected chi connectivity index (χ4v) is 2.89. The van der Waals surface area contributed by atoms with Crippen LogP contribution in [0.2, 0.25) is 5.02 Å². The number of carbonyl (C=O) groups excluding carboxylic acids is 1. The number of benzene rings is 1. The number of carbonyl (C=O) groups is 1. The summed E-state index contributed by atoms with van der Waals surface area (Å²) in [5.74, 6) is 0.243. The Morgan fingerprint density at radius 2 is 1.84 bits per heavy atom. The van der Waals surface area contributed by atoms with Crippen molar-refractivity contribution >= 4 is 40.0 Å². The van der Waals surface area contributed by atoms with E-state index in [2.05, 4.69) is 15.4 Å². The molecule has 0 aliphatic carbocycles. The fraction of sp³-hybridized carbons (Fsp3) is 0.278. The summed E-state index contributed by atoms with van der Waals surface area (Å²) in [6.45, 7) is 3.76. The third kappa shape index (κ3) is 3.05. The van der Waals surface area contributed by atoms with Crippen LogP contribution in [-0.4, -0.2) is 34.8 Å². The highest BCUT2D eigenvalue weighted by atomic mass is 35.5. The molecule has 25 heavy (non-hydrogen) atoms. The van der Waals surface area contributed by atoms with E-state index < -0.39 is 0 Å². The maximum Gasteiger partial charge on any atom is 0.256 e. The van der Waals surface area contributed by atoms with E-state index in [1.807, 2.05) is 45.0 Å². The Balaban J connectivity index is 1.98. The van der Waals surface area contributed by atoms with Crippen molar-refractivity contribution in [2.45, 2.75) is 13.8 Å². The highest BCUT2D eigenvalue weighted by Crippen LogP contribution is 2.31. The first-order valence-electron chi connectivity index (χ1n) is 7.87. The molecule has 0 atom stereocenters. The monoisotopic (exact) mass is 357 g/mol. The highest BCUT2D eigenvalue weighted by Gasteiger charge is 2.18. The molecule has 3 rings (SSSR count). The van der Waals surface area contributed by atoms with Crippen LogP contribution < -0.4 is 10.2 Å². The van der Waals surface area contributed by atoms with Crippen molar-refractivity contribution in [3.05, 3.63) is 46.1 Å². The number of rotatable bonds is 3. The number of aromatic nitrogens is 3. The summed E-state index contributed by atoms with van der Waals surface area (Å²) in [5, 5.41) is 8.62. The molecular formula is C18H20ClN5O. The van der Waals surface area contributed by atoms with Crippen LogP contribution in [0.15, 0.2) is 24.3 Å². The first kappa shape index (κ1) is 17.2. The number of hydrogen-bond donors (Lipinski definition) is 1. The Morgan fingerprint density at radius 3 is 2.44 bits per heavy atom. The van der Waals surface area contributed by atoms with Gasteiger partial charge in [-0.1, -0.05) is 11.6 Å². The van der Waals surface area contributed by atoms with E-state index in [-0.39, 0.29) is 5.91 Å². The highest BCUT2D eigenvalue weighted by molar-refractivity contribution is 6.33. The van der Waals surface area contributed by atoms with Crippen molar-refractivity contribution in [1.29, 1.82) is 0 Å². The van der Waals surface area contributed by atoms with Crippen LogP contribution in [0.25, 0.3) is 11.0 Å². The second-order valence-electron chi connectivity index (χ2n) is 6.20. The van der Waals surface area contributed by atoms with Crippen LogP contribution in [-0.2, 0) is 7.05 Å². The van der Waals surface area contributed by atoms with E-state index in [4.69, 9.17) is 11.6 Å². The second-order valence-corrected chi connectivity index (χ2v) is 6.58. The largest absolute Gasteiger partial charge is 0.378 e. The molecular weight excluding hydrogens is 338 g/mol. The third-order valence-electron chi connectivity index (χ3n) is 4.19. The van der Waals surface area contributed by atoms with Gasteiger partial charge in [0.1, 0.15) is 0 Å². The molecule has 0 fully saturated rings. The normalized spacial score (nSPS) is 11.0. The molecule has 0 unspecified atom stereocenters. The lowest BCUT2D eigenvalue weighted by Gasteiger charge is -2.12. The van der Waals surface area contributed by atoms with Gasteiger partial charge in [-0.3, -0.25) is 4.79 Å². The van der Waals surface area contributed by atoms with Crippen molar-refractivity contribution < 1.29 is 4.79 Å². The van der Waals surface area contributed by atoms with Gasteiger partial charge in [-0.2, -0.15) is 5.10 Å². The van der Waals surface area contributed by atoms with Gasteiger partial charge in [0.05, 0.1) is 16.1 Å². The molecule has 0 saturated carbocycles. The van der Waals surface area contributed by atoms with E-state index in [9.17, 15) is 4.79 Å². The Hall–Kier alpha value is -2.60. The molecule has 1 amide bonds. The number of anilines is 2. The predicted octanol–water partition coefficient (Wildman–Crippen LogP) is 3.56. The number of hydrogen-bond acceptors (Lipinski definition) is 4. The van der Waals surface area contributed by atoms with Gasteiger partial charge in [-0.05, 0) is 43.7 Å². The molecule has 2 heterocycles. The van der Waals surface area contributed by atoms with E-state index in [1.165, 1.54) is 0 Å². The van der Waals surface area contributed by atoms with Gasteiger partial charge in [0.2, 0.25) is 0 Å². The van der Waals surface area contributed by atoms with Crippen molar-refractivity contribution in [3.63, 3.8) is 0 Å². The van der Waals surface area contributed by atoms with Gasteiger partial charge in [-0.15, -0.1) is 0 Å². The van der Waals surface area contributed by atoms with Gasteiger partial charge in [-0.25, -0.2) is 9.67 Å². The quantitative estimate of drug-likeness (QED) is 0.778. The first-order chi connectivity index (χ1) is 11.8. The number of fused-ring (bicyclic) bond motifs is 1. The Bertz CT molecular complexity index is 960. The van der Waals surface area contributed by atoms with E-state index in [0.717, 1.165) is 22.3 Å². The maximum atomic E-state index is 12.6. The summed E-state index contributed by atoms with van der Waals surface area (Å²) in [7, 11) is 5.71. The maximum absolute atomic E-state index is 12.6. The molecule has 2 aromatic heterocycles. The lowest BCUT2D eigenvalue weighted by Crippen LogP contribution is -2.14. The third-order valence-corrected chi connectivity index (χ3v) is 4.75. The zero-order chi connectivity index (χ0) is 18.3. The number of amides is 1. The molecule has 0 aliphatic rings. The van der Waals surface area contributed by atoms with Crippen LogP contribution in [0.1, 0.15) is 21.6 Å². The molecule has 3 aromatic rings. The smallest absolute Gasteiger partial charge is 0.256 e. The number of pyridine rings is 1. The molecule has 6 nitrogen and oxygen atoms in total. The minimum atomic E-state index is -0.221. The lowest BCUT2D eigenvalue weighted by molar-refractivity contribution is 0.102. The summed E-state index contributed by atoms with van der Waals surface area (Å²) in [6, 6.07) is 7.38. The Labute approximate surface area is 151 Å². The molecule has 0 saturated heterocycles. The molecule has 0 bridgehead atoms.